The zero-order chi connectivity index (χ0) is 23.6. The van der Waals surface area contributed by atoms with Gasteiger partial charge in [-0.2, -0.15) is 18.2 Å². The van der Waals surface area contributed by atoms with E-state index in [0.717, 1.165) is 12.3 Å². The number of carbonyl (C=O) groups excluding carboxylic acids is 1. The summed E-state index contributed by atoms with van der Waals surface area (Å²) in [7, 11) is 1.55. The van der Waals surface area contributed by atoms with Crippen molar-refractivity contribution in [2.24, 2.45) is 5.92 Å². The molecule has 1 amide bonds. The van der Waals surface area contributed by atoms with Crippen LogP contribution in [0.1, 0.15) is 18.4 Å². The van der Waals surface area contributed by atoms with Gasteiger partial charge in [-0.3, -0.25) is 15.2 Å². The lowest BCUT2D eigenvalue weighted by atomic mass is 9.96. The molecule has 4 rings (SSSR count). The molecule has 1 fully saturated rings. The van der Waals surface area contributed by atoms with Crippen LogP contribution in [0.25, 0.3) is 11.4 Å². The molecule has 0 aliphatic carbocycles. The number of pyridine rings is 1. The van der Waals surface area contributed by atoms with Crippen LogP contribution in [-0.2, 0) is 11.0 Å². The van der Waals surface area contributed by atoms with Crippen LogP contribution in [0.5, 0.6) is 5.75 Å². The number of rotatable bonds is 5. The van der Waals surface area contributed by atoms with E-state index in [9.17, 15) is 18.0 Å². The van der Waals surface area contributed by atoms with Crippen molar-refractivity contribution in [1.29, 1.82) is 0 Å². The molecule has 8 nitrogen and oxygen atoms in total. The number of methoxy groups -OCH3 is 1. The minimum Gasteiger partial charge on any atom is -0.496 e. The molecule has 3 heterocycles. The molecule has 0 radical (unpaired) electrons. The summed E-state index contributed by atoms with van der Waals surface area (Å²) in [5.74, 6) is 0.971. The fraction of sp³-hybridized carbons (Fsp3) is 0.333. The molecule has 0 spiro atoms. The number of amides is 1. The number of carbonyl (C=O) groups is 1. The molecule has 0 saturated carbocycles. The summed E-state index contributed by atoms with van der Waals surface area (Å²) in [6.45, 7) is 0.854. The highest BCUT2D eigenvalue weighted by atomic mass is 35.5. The summed E-state index contributed by atoms with van der Waals surface area (Å²) in [5, 5.41) is 9.48. The van der Waals surface area contributed by atoms with Gasteiger partial charge in [0.05, 0.1) is 23.3 Å². The molecule has 0 unspecified atom stereocenters. The lowest BCUT2D eigenvalue weighted by molar-refractivity contribution is -0.137. The number of alkyl halides is 3. The smallest absolute Gasteiger partial charge is 0.417 e. The maximum Gasteiger partial charge on any atom is 0.417 e. The number of halogens is 4. The molecule has 174 valence electrons. The van der Waals surface area contributed by atoms with Crippen molar-refractivity contribution in [3.63, 3.8) is 0 Å². The van der Waals surface area contributed by atoms with Crippen molar-refractivity contribution in [3.05, 3.63) is 47.1 Å². The molecule has 12 heteroatoms. The Balaban J connectivity index is 1.36. The molecular formula is C21H20ClF3N6O2. The summed E-state index contributed by atoms with van der Waals surface area (Å²) < 4.78 is 43.8. The van der Waals surface area contributed by atoms with E-state index < -0.39 is 11.7 Å². The number of aromatic amines is 1. The average molecular weight is 481 g/mol. The molecule has 1 aromatic carbocycles. The number of para-hydroxylation sites is 1. The van der Waals surface area contributed by atoms with E-state index >= 15 is 0 Å². The Labute approximate surface area is 192 Å². The fourth-order valence-corrected chi connectivity index (χ4v) is 3.95. The first-order valence-electron chi connectivity index (χ1n) is 10.1. The van der Waals surface area contributed by atoms with Gasteiger partial charge in [-0.1, -0.05) is 23.7 Å². The number of piperidine rings is 1. The van der Waals surface area contributed by atoms with Crippen molar-refractivity contribution in [1.82, 2.24) is 20.2 Å². The number of hydrogen-bond donors (Lipinski definition) is 2. The van der Waals surface area contributed by atoms with Gasteiger partial charge >= 0.3 is 6.18 Å². The molecular weight excluding hydrogens is 461 g/mol. The third-order valence-corrected chi connectivity index (χ3v) is 5.68. The Hall–Kier alpha value is -3.34. The first-order valence-corrected chi connectivity index (χ1v) is 10.5. The second kappa shape index (κ2) is 9.26. The predicted molar refractivity (Wildman–Crippen MR) is 116 cm³/mol. The number of hydrogen-bond acceptors (Lipinski definition) is 6. The van der Waals surface area contributed by atoms with Crippen LogP contribution >= 0.6 is 11.6 Å². The molecule has 1 aliphatic rings. The van der Waals surface area contributed by atoms with Gasteiger partial charge in [-0.15, -0.1) is 5.10 Å². The first kappa shape index (κ1) is 22.8. The van der Waals surface area contributed by atoms with E-state index in [1.807, 2.05) is 18.2 Å². The number of benzene rings is 1. The van der Waals surface area contributed by atoms with Crippen LogP contribution in [0.3, 0.4) is 0 Å². The summed E-state index contributed by atoms with van der Waals surface area (Å²) in [6, 6.07) is 8.15. The third kappa shape index (κ3) is 5.03. The van der Waals surface area contributed by atoms with Gasteiger partial charge in [0.25, 0.3) is 0 Å². The molecule has 33 heavy (non-hydrogen) atoms. The molecule has 1 aliphatic heterocycles. The van der Waals surface area contributed by atoms with Gasteiger partial charge < -0.3 is 9.64 Å². The maximum absolute atomic E-state index is 12.8. The van der Waals surface area contributed by atoms with E-state index in [-0.39, 0.29) is 28.6 Å². The minimum absolute atomic E-state index is 0.0719. The number of aromatic nitrogens is 4. The summed E-state index contributed by atoms with van der Waals surface area (Å²) in [4.78, 5) is 22.7. The molecule has 1 saturated heterocycles. The second-order valence-corrected chi connectivity index (χ2v) is 7.89. The Morgan fingerprint density at radius 1 is 1.27 bits per heavy atom. The average Bonchev–Trinajstić information content (AvgIpc) is 3.26. The molecule has 0 bridgehead atoms. The summed E-state index contributed by atoms with van der Waals surface area (Å²) in [6.07, 6.45) is -2.78. The van der Waals surface area contributed by atoms with Crippen LogP contribution in [0, 0.1) is 5.92 Å². The number of anilines is 2. The lowest BCUT2D eigenvalue weighted by Gasteiger charge is -2.32. The first-order chi connectivity index (χ1) is 15.8. The minimum atomic E-state index is -4.51. The lowest BCUT2D eigenvalue weighted by Crippen LogP contribution is -2.38. The number of nitrogens with zero attached hydrogens (tertiary/aromatic N) is 4. The predicted octanol–water partition coefficient (Wildman–Crippen LogP) is 4.40. The molecule has 2 aromatic heterocycles. The summed E-state index contributed by atoms with van der Waals surface area (Å²) >= 11 is 6.04. The SMILES string of the molecule is COc1ccccc1-c1nc(NC(=O)C2CCN(c3ncc(C(F)(F)F)cc3Cl)CC2)n[nH]1. The number of ether oxygens (including phenoxy) is 1. The van der Waals surface area contributed by atoms with E-state index in [2.05, 4.69) is 25.5 Å². The number of nitrogens with one attached hydrogen (secondary N) is 2. The second-order valence-electron chi connectivity index (χ2n) is 7.49. The van der Waals surface area contributed by atoms with E-state index in [1.165, 1.54) is 0 Å². The van der Waals surface area contributed by atoms with Gasteiger partial charge in [0.15, 0.2) is 5.82 Å². The molecule has 3 aromatic rings. The van der Waals surface area contributed by atoms with Crippen molar-refractivity contribution >= 4 is 29.3 Å². The standard InChI is InChI=1S/C21H20ClF3N6O2/c1-33-16-5-3-2-4-14(16)17-27-20(30-29-17)28-19(32)12-6-8-31(9-7-12)18-15(22)10-13(11-26-18)21(23,24)25/h2-5,10-12H,6-9H2,1H3,(H2,27,28,29,30,32). The Morgan fingerprint density at radius 2 is 2.00 bits per heavy atom. The Morgan fingerprint density at radius 3 is 2.67 bits per heavy atom. The highest BCUT2D eigenvalue weighted by molar-refractivity contribution is 6.33. The Bertz CT molecular complexity index is 1150. The van der Waals surface area contributed by atoms with Crippen LogP contribution < -0.4 is 15.0 Å². The van der Waals surface area contributed by atoms with Crippen LogP contribution in [0.15, 0.2) is 36.5 Å². The van der Waals surface area contributed by atoms with Crippen molar-refractivity contribution < 1.29 is 22.7 Å². The van der Waals surface area contributed by atoms with Gasteiger partial charge in [0.2, 0.25) is 11.9 Å². The van der Waals surface area contributed by atoms with Gasteiger partial charge in [-0.25, -0.2) is 4.98 Å². The van der Waals surface area contributed by atoms with Crippen molar-refractivity contribution in [2.75, 3.05) is 30.4 Å². The zero-order valence-corrected chi connectivity index (χ0v) is 18.2. The number of H-pyrrole nitrogens is 1. The van der Waals surface area contributed by atoms with E-state index in [0.29, 0.717) is 43.1 Å². The van der Waals surface area contributed by atoms with Crippen LogP contribution in [0.2, 0.25) is 5.02 Å². The molecule has 2 N–H and O–H groups in total. The van der Waals surface area contributed by atoms with E-state index in [4.69, 9.17) is 16.3 Å². The normalized spacial score (nSPS) is 14.9. The van der Waals surface area contributed by atoms with Gasteiger partial charge in [0.1, 0.15) is 11.6 Å². The fourth-order valence-electron chi connectivity index (χ4n) is 3.66. The Kier molecular flexibility index (Phi) is 6.41. The molecule has 0 atom stereocenters. The monoisotopic (exact) mass is 480 g/mol. The van der Waals surface area contributed by atoms with Gasteiger partial charge in [-0.05, 0) is 31.0 Å². The third-order valence-electron chi connectivity index (χ3n) is 5.40. The van der Waals surface area contributed by atoms with E-state index in [1.54, 1.807) is 18.1 Å². The van der Waals surface area contributed by atoms with Gasteiger partial charge in [0, 0.05) is 25.2 Å². The highest BCUT2D eigenvalue weighted by Gasteiger charge is 2.33. The maximum atomic E-state index is 12.8. The quantitative estimate of drug-likeness (QED) is 0.562. The topological polar surface area (TPSA) is 96.0 Å². The largest absolute Gasteiger partial charge is 0.496 e. The summed E-state index contributed by atoms with van der Waals surface area (Å²) in [5.41, 5.74) is -0.188. The zero-order valence-electron chi connectivity index (χ0n) is 17.5. The van der Waals surface area contributed by atoms with Crippen LogP contribution in [-0.4, -0.2) is 46.3 Å². The highest BCUT2D eigenvalue weighted by Crippen LogP contribution is 2.35. The van der Waals surface area contributed by atoms with Crippen molar-refractivity contribution in [2.45, 2.75) is 19.0 Å². The van der Waals surface area contributed by atoms with Crippen LogP contribution in [0.4, 0.5) is 24.9 Å². The van der Waals surface area contributed by atoms with Crippen molar-refractivity contribution in [3.8, 4) is 17.1 Å².